The lowest BCUT2D eigenvalue weighted by molar-refractivity contribution is 0.509. The number of fused-ring (bicyclic) bond motifs is 1. The van der Waals surface area contributed by atoms with Gasteiger partial charge in [-0.15, -0.1) is 0 Å². The summed E-state index contributed by atoms with van der Waals surface area (Å²) in [6.45, 7) is 2.64. The molecule has 0 aliphatic carbocycles. The van der Waals surface area contributed by atoms with E-state index in [9.17, 15) is 8.78 Å². The van der Waals surface area contributed by atoms with Crippen molar-refractivity contribution in [2.45, 2.75) is 26.3 Å². The zero-order chi connectivity index (χ0) is 11.7. The molecular formula is C11H12F2N2S. The number of hydrogen-bond acceptors (Lipinski definition) is 1. The van der Waals surface area contributed by atoms with Crippen LogP contribution in [0.3, 0.4) is 0 Å². The lowest BCUT2D eigenvalue weighted by atomic mass is 10.2. The molecule has 0 saturated heterocycles. The van der Waals surface area contributed by atoms with E-state index in [4.69, 9.17) is 12.2 Å². The van der Waals surface area contributed by atoms with Crippen LogP contribution < -0.4 is 0 Å². The molecule has 0 radical (unpaired) electrons. The van der Waals surface area contributed by atoms with Gasteiger partial charge in [-0.2, -0.15) is 0 Å². The number of benzene rings is 1. The second-order valence-electron chi connectivity index (χ2n) is 3.69. The third-order valence-corrected chi connectivity index (χ3v) is 2.88. The molecule has 1 aromatic carbocycles. The molecule has 0 spiro atoms. The minimum atomic E-state index is -0.841. The molecule has 2 aromatic rings. The number of unbranched alkanes of at least 4 members (excludes halogenated alkanes) is 1. The van der Waals surface area contributed by atoms with Crippen molar-refractivity contribution in [2.24, 2.45) is 0 Å². The first kappa shape index (κ1) is 11.3. The summed E-state index contributed by atoms with van der Waals surface area (Å²) < 4.78 is 28.8. The number of imidazole rings is 1. The Morgan fingerprint density at radius 3 is 2.81 bits per heavy atom. The van der Waals surface area contributed by atoms with E-state index in [0.717, 1.165) is 18.9 Å². The summed E-state index contributed by atoms with van der Waals surface area (Å²) in [5.41, 5.74) is 0.776. The first-order valence-electron chi connectivity index (χ1n) is 5.21. The highest BCUT2D eigenvalue weighted by Gasteiger charge is 2.12. The summed E-state index contributed by atoms with van der Waals surface area (Å²) in [5, 5.41) is 0. The van der Waals surface area contributed by atoms with E-state index in [1.54, 1.807) is 4.57 Å². The average molecular weight is 242 g/mol. The van der Waals surface area contributed by atoms with Crippen molar-refractivity contribution < 1.29 is 8.78 Å². The molecule has 2 nitrogen and oxygen atoms in total. The molecule has 0 unspecified atom stereocenters. The van der Waals surface area contributed by atoms with Crippen LogP contribution in [-0.2, 0) is 6.54 Å². The zero-order valence-corrected chi connectivity index (χ0v) is 9.70. The van der Waals surface area contributed by atoms with E-state index in [1.807, 2.05) is 6.92 Å². The molecule has 0 amide bonds. The topological polar surface area (TPSA) is 20.7 Å². The second-order valence-corrected chi connectivity index (χ2v) is 4.08. The third-order valence-electron chi connectivity index (χ3n) is 2.56. The predicted molar refractivity (Wildman–Crippen MR) is 61.9 cm³/mol. The molecule has 0 atom stereocenters. The Morgan fingerprint density at radius 2 is 2.12 bits per heavy atom. The average Bonchev–Trinajstić information content (AvgIpc) is 2.58. The molecule has 0 aliphatic rings. The Bertz CT molecular complexity index is 571. The van der Waals surface area contributed by atoms with Crippen LogP contribution in [0.2, 0.25) is 0 Å². The molecule has 5 heteroatoms. The fourth-order valence-electron chi connectivity index (χ4n) is 1.72. The number of halogens is 2. The van der Waals surface area contributed by atoms with Gasteiger partial charge in [-0.05, 0) is 30.8 Å². The maximum absolute atomic E-state index is 13.6. The SMILES string of the molecule is CCCCn1c(=S)[nH]c2ccc(F)c(F)c21. The molecule has 0 bridgehead atoms. The molecule has 0 aliphatic heterocycles. The lowest BCUT2D eigenvalue weighted by Crippen LogP contribution is -2.00. The first-order valence-corrected chi connectivity index (χ1v) is 5.62. The van der Waals surface area contributed by atoms with Crippen LogP contribution in [0.25, 0.3) is 11.0 Å². The van der Waals surface area contributed by atoms with Gasteiger partial charge < -0.3 is 9.55 Å². The fraction of sp³-hybridized carbons (Fsp3) is 0.364. The van der Waals surface area contributed by atoms with E-state index in [2.05, 4.69) is 4.98 Å². The quantitative estimate of drug-likeness (QED) is 0.812. The van der Waals surface area contributed by atoms with Gasteiger partial charge in [0.1, 0.15) is 5.52 Å². The van der Waals surface area contributed by atoms with Gasteiger partial charge >= 0.3 is 0 Å². The maximum Gasteiger partial charge on any atom is 0.184 e. The van der Waals surface area contributed by atoms with E-state index >= 15 is 0 Å². The molecule has 1 N–H and O–H groups in total. The Labute approximate surface area is 96.9 Å². The summed E-state index contributed by atoms with van der Waals surface area (Å²) in [4.78, 5) is 2.88. The van der Waals surface area contributed by atoms with Crippen LogP contribution in [0, 0.1) is 16.4 Å². The molecular weight excluding hydrogens is 230 g/mol. The Hall–Kier alpha value is -1.23. The summed E-state index contributed by atoms with van der Waals surface area (Å²) >= 11 is 5.09. The number of aromatic nitrogens is 2. The molecule has 86 valence electrons. The largest absolute Gasteiger partial charge is 0.330 e. The van der Waals surface area contributed by atoms with Gasteiger partial charge in [-0.25, -0.2) is 8.78 Å². The van der Waals surface area contributed by atoms with Crippen molar-refractivity contribution in [3.8, 4) is 0 Å². The monoisotopic (exact) mass is 242 g/mol. The zero-order valence-electron chi connectivity index (χ0n) is 8.89. The molecule has 16 heavy (non-hydrogen) atoms. The maximum atomic E-state index is 13.6. The van der Waals surface area contributed by atoms with Crippen LogP contribution in [0.15, 0.2) is 12.1 Å². The first-order chi connectivity index (χ1) is 7.65. The van der Waals surface area contributed by atoms with Gasteiger partial charge in [0.2, 0.25) is 0 Å². The highest BCUT2D eigenvalue weighted by atomic mass is 32.1. The summed E-state index contributed by atoms with van der Waals surface area (Å²) in [7, 11) is 0. The molecule has 1 heterocycles. The minimum Gasteiger partial charge on any atom is -0.330 e. The van der Waals surface area contributed by atoms with Crippen molar-refractivity contribution in [3.63, 3.8) is 0 Å². The summed E-state index contributed by atoms with van der Waals surface area (Å²) in [6.07, 6.45) is 1.86. The van der Waals surface area contributed by atoms with E-state index in [1.165, 1.54) is 6.07 Å². The Kier molecular flexibility index (Phi) is 3.05. The van der Waals surface area contributed by atoms with Gasteiger partial charge in [0.15, 0.2) is 16.4 Å². The van der Waals surface area contributed by atoms with Crippen LogP contribution in [-0.4, -0.2) is 9.55 Å². The molecule has 0 saturated carbocycles. The number of hydrogen-bond donors (Lipinski definition) is 1. The predicted octanol–water partition coefficient (Wildman–Crippen LogP) is 3.78. The second kappa shape index (κ2) is 4.33. The van der Waals surface area contributed by atoms with Crippen LogP contribution in [0.1, 0.15) is 19.8 Å². The standard InChI is InChI=1S/C11H12F2N2S/c1-2-3-6-15-10-8(14-11(15)16)5-4-7(12)9(10)13/h4-5H,2-3,6H2,1H3,(H,14,16). The van der Waals surface area contributed by atoms with Gasteiger partial charge in [0.05, 0.1) is 5.52 Å². The van der Waals surface area contributed by atoms with Crippen molar-refractivity contribution in [3.05, 3.63) is 28.5 Å². The highest BCUT2D eigenvalue weighted by Crippen LogP contribution is 2.20. The number of nitrogens with one attached hydrogen (secondary N) is 1. The van der Waals surface area contributed by atoms with Gasteiger partial charge in [0.25, 0.3) is 0 Å². The fourth-order valence-corrected chi connectivity index (χ4v) is 2.01. The Morgan fingerprint density at radius 1 is 1.38 bits per heavy atom. The van der Waals surface area contributed by atoms with E-state index in [0.29, 0.717) is 16.8 Å². The van der Waals surface area contributed by atoms with Crippen LogP contribution in [0.4, 0.5) is 8.78 Å². The number of aromatic amines is 1. The minimum absolute atomic E-state index is 0.235. The number of rotatable bonds is 3. The van der Waals surface area contributed by atoms with Crippen molar-refractivity contribution in [2.75, 3.05) is 0 Å². The van der Waals surface area contributed by atoms with Gasteiger partial charge in [-0.3, -0.25) is 0 Å². The molecule has 2 rings (SSSR count). The van der Waals surface area contributed by atoms with Gasteiger partial charge in [0, 0.05) is 6.54 Å². The van der Waals surface area contributed by atoms with Crippen molar-refractivity contribution in [1.29, 1.82) is 0 Å². The van der Waals surface area contributed by atoms with Crippen molar-refractivity contribution >= 4 is 23.3 Å². The van der Waals surface area contributed by atoms with E-state index in [-0.39, 0.29) is 5.52 Å². The Balaban J connectivity index is 2.66. The normalized spacial score (nSPS) is 11.2. The molecule has 0 fully saturated rings. The number of aryl methyl sites for hydroxylation is 1. The van der Waals surface area contributed by atoms with Gasteiger partial charge in [-0.1, -0.05) is 13.3 Å². The lowest BCUT2D eigenvalue weighted by Gasteiger charge is -2.03. The van der Waals surface area contributed by atoms with E-state index < -0.39 is 11.6 Å². The van der Waals surface area contributed by atoms with Crippen LogP contribution in [0.5, 0.6) is 0 Å². The number of nitrogens with zero attached hydrogens (tertiary/aromatic N) is 1. The van der Waals surface area contributed by atoms with Crippen molar-refractivity contribution in [1.82, 2.24) is 9.55 Å². The highest BCUT2D eigenvalue weighted by molar-refractivity contribution is 7.71. The third kappa shape index (κ3) is 1.75. The van der Waals surface area contributed by atoms with Crippen LogP contribution >= 0.6 is 12.2 Å². The summed E-state index contributed by atoms with van der Waals surface area (Å²) in [5.74, 6) is -1.67. The summed E-state index contributed by atoms with van der Waals surface area (Å²) in [6, 6.07) is 2.61. The molecule has 1 aromatic heterocycles. The smallest absolute Gasteiger partial charge is 0.184 e. The number of H-pyrrole nitrogens is 1.